The number of aryl methyl sites for hydroxylation is 1. The van der Waals surface area contributed by atoms with E-state index in [0.29, 0.717) is 0 Å². The van der Waals surface area contributed by atoms with Gasteiger partial charge >= 0.3 is 0 Å². The van der Waals surface area contributed by atoms with Gasteiger partial charge in [0.2, 0.25) is 5.91 Å². The molecule has 1 fully saturated rings. The Bertz CT molecular complexity index is 395. The van der Waals surface area contributed by atoms with Crippen LogP contribution in [-0.2, 0) is 11.3 Å². The maximum atomic E-state index is 11.2. The van der Waals surface area contributed by atoms with Crippen LogP contribution in [0, 0.1) is 6.92 Å². The molecule has 0 spiro atoms. The van der Waals surface area contributed by atoms with E-state index in [1.807, 2.05) is 4.90 Å². The zero-order chi connectivity index (χ0) is 12.3. The van der Waals surface area contributed by atoms with Crippen LogP contribution in [0.2, 0.25) is 0 Å². The Labute approximate surface area is 103 Å². The first-order valence-corrected chi connectivity index (χ1v) is 6.19. The van der Waals surface area contributed by atoms with Crippen molar-refractivity contribution in [2.24, 2.45) is 0 Å². The molecule has 0 aromatic heterocycles. The van der Waals surface area contributed by atoms with E-state index in [2.05, 4.69) is 36.1 Å². The minimum atomic E-state index is 0.195. The first-order chi connectivity index (χ1) is 8.16. The zero-order valence-corrected chi connectivity index (χ0v) is 10.6. The molecule has 0 saturated carbocycles. The molecule has 0 bridgehead atoms. The van der Waals surface area contributed by atoms with Gasteiger partial charge < -0.3 is 4.90 Å². The smallest absolute Gasteiger partial charge is 0.219 e. The summed E-state index contributed by atoms with van der Waals surface area (Å²) in [5.41, 5.74) is 2.74. The van der Waals surface area contributed by atoms with E-state index in [9.17, 15) is 4.79 Å². The predicted octanol–water partition coefficient (Wildman–Crippen LogP) is 1.66. The van der Waals surface area contributed by atoms with Gasteiger partial charge in [-0.15, -0.1) is 0 Å². The van der Waals surface area contributed by atoms with Gasteiger partial charge in [-0.05, 0) is 18.1 Å². The van der Waals surface area contributed by atoms with Gasteiger partial charge in [0.1, 0.15) is 0 Å². The molecule has 1 aliphatic rings. The molecule has 1 aromatic rings. The maximum absolute atomic E-state index is 11.2. The molecule has 0 aliphatic carbocycles. The number of hydrogen-bond acceptors (Lipinski definition) is 2. The Kier molecular flexibility index (Phi) is 3.79. The quantitative estimate of drug-likeness (QED) is 0.774. The summed E-state index contributed by atoms with van der Waals surface area (Å²) in [5.74, 6) is 0.195. The predicted molar refractivity (Wildman–Crippen MR) is 68.7 cm³/mol. The Morgan fingerprint density at radius 1 is 1.18 bits per heavy atom. The molecule has 0 unspecified atom stereocenters. The van der Waals surface area contributed by atoms with E-state index >= 15 is 0 Å². The molecule has 1 amide bonds. The first kappa shape index (κ1) is 12.1. The lowest BCUT2D eigenvalue weighted by molar-refractivity contribution is -0.130. The fraction of sp³-hybridized carbons (Fsp3) is 0.500. The van der Waals surface area contributed by atoms with Crippen molar-refractivity contribution in [1.29, 1.82) is 0 Å². The molecular formula is C14H20N2O. The van der Waals surface area contributed by atoms with Gasteiger partial charge in [-0.2, -0.15) is 0 Å². The second kappa shape index (κ2) is 5.32. The number of piperazine rings is 1. The Morgan fingerprint density at radius 3 is 2.41 bits per heavy atom. The highest BCUT2D eigenvalue weighted by atomic mass is 16.2. The van der Waals surface area contributed by atoms with Crippen molar-refractivity contribution in [2.45, 2.75) is 20.4 Å². The van der Waals surface area contributed by atoms with Crippen LogP contribution >= 0.6 is 0 Å². The van der Waals surface area contributed by atoms with Crippen LogP contribution in [0.15, 0.2) is 24.3 Å². The number of carbonyl (C=O) groups is 1. The number of carbonyl (C=O) groups excluding carboxylic acids is 1. The molecule has 1 aliphatic heterocycles. The van der Waals surface area contributed by atoms with Crippen LogP contribution in [0.3, 0.4) is 0 Å². The van der Waals surface area contributed by atoms with Crippen molar-refractivity contribution in [2.75, 3.05) is 26.2 Å². The summed E-state index contributed by atoms with van der Waals surface area (Å²) in [7, 11) is 0. The van der Waals surface area contributed by atoms with Gasteiger partial charge in [-0.1, -0.05) is 24.3 Å². The van der Waals surface area contributed by atoms with E-state index < -0.39 is 0 Å². The van der Waals surface area contributed by atoms with Crippen molar-refractivity contribution >= 4 is 5.91 Å². The lowest BCUT2D eigenvalue weighted by Crippen LogP contribution is -2.47. The molecule has 3 heteroatoms. The van der Waals surface area contributed by atoms with E-state index in [-0.39, 0.29) is 5.91 Å². The summed E-state index contributed by atoms with van der Waals surface area (Å²) >= 11 is 0. The fourth-order valence-electron chi connectivity index (χ4n) is 2.25. The van der Waals surface area contributed by atoms with E-state index in [1.165, 1.54) is 11.1 Å². The van der Waals surface area contributed by atoms with Crippen LogP contribution in [-0.4, -0.2) is 41.9 Å². The lowest BCUT2D eigenvalue weighted by Gasteiger charge is -2.34. The van der Waals surface area contributed by atoms with Crippen LogP contribution in [0.1, 0.15) is 18.1 Å². The summed E-state index contributed by atoms with van der Waals surface area (Å²) in [4.78, 5) is 15.6. The molecule has 17 heavy (non-hydrogen) atoms. The standard InChI is InChI=1S/C14H20N2O/c1-12-5-3-4-6-14(12)11-15-7-9-16(10-8-15)13(2)17/h3-6H,7-11H2,1-2H3. The minimum Gasteiger partial charge on any atom is -0.340 e. The van der Waals surface area contributed by atoms with Gasteiger partial charge in [-0.25, -0.2) is 0 Å². The minimum absolute atomic E-state index is 0.195. The van der Waals surface area contributed by atoms with Crippen molar-refractivity contribution in [1.82, 2.24) is 9.80 Å². The third-order valence-electron chi connectivity index (χ3n) is 3.47. The second-order valence-electron chi connectivity index (χ2n) is 4.71. The largest absolute Gasteiger partial charge is 0.340 e. The molecule has 3 nitrogen and oxygen atoms in total. The molecule has 92 valence electrons. The van der Waals surface area contributed by atoms with Crippen LogP contribution in [0.4, 0.5) is 0 Å². The molecule has 1 aromatic carbocycles. The Morgan fingerprint density at radius 2 is 1.82 bits per heavy atom. The number of hydrogen-bond donors (Lipinski definition) is 0. The highest BCUT2D eigenvalue weighted by Crippen LogP contribution is 2.12. The van der Waals surface area contributed by atoms with E-state index in [1.54, 1.807) is 6.92 Å². The maximum Gasteiger partial charge on any atom is 0.219 e. The SMILES string of the molecule is CC(=O)N1CCN(Cc2ccccc2C)CC1. The van der Waals surface area contributed by atoms with Crippen molar-refractivity contribution in [3.63, 3.8) is 0 Å². The second-order valence-corrected chi connectivity index (χ2v) is 4.71. The highest BCUT2D eigenvalue weighted by Gasteiger charge is 2.18. The summed E-state index contributed by atoms with van der Waals surface area (Å²) in [5, 5.41) is 0. The molecule has 0 radical (unpaired) electrons. The monoisotopic (exact) mass is 232 g/mol. The normalized spacial score (nSPS) is 17.2. The van der Waals surface area contributed by atoms with Gasteiger partial charge in [0.15, 0.2) is 0 Å². The van der Waals surface area contributed by atoms with E-state index in [4.69, 9.17) is 0 Å². The van der Waals surface area contributed by atoms with Crippen molar-refractivity contribution in [3.8, 4) is 0 Å². The zero-order valence-electron chi connectivity index (χ0n) is 10.6. The summed E-state index contributed by atoms with van der Waals surface area (Å²) in [6.07, 6.45) is 0. The summed E-state index contributed by atoms with van der Waals surface area (Å²) in [6.45, 7) is 8.49. The number of benzene rings is 1. The van der Waals surface area contributed by atoms with Gasteiger partial charge in [0, 0.05) is 39.6 Å². The van der Waals surface area contributed by atoms with Gasteiger partial charge in [0.25, 0.3) is 0 Å². The average molecular weight is 232 g/mol. The number of rotatable bonds is 2. The average Bonchev–Trinajstić information content (AvgIpc) is 2.33. The molecular weight excluding hydrogens is 212 g/mol. The Hall–Kier alpha value is -1.35. The molecule has 0 N–H and O–H groups in total. The molecule has 0 atom stereocenters. The fourth-order valence-corrected chi connectivity index (χ4v) is 2.25. The van der Waals surface area contributed by atoms with Crippen LogP contribution in [0.25, 0.3) is 0 Å². The van der Waals surface area contributed by atoms with Crippen molar-refractivity contribution < 1.29 is 4.79 Å². The Balaban J connectivity index is 1.90. The number of nitrogens with zero attached hydrogens (tertiary/aromatic N) is 2. The number of amides is 1. The van der Waals surface area contributed by atoms with Gasteiger partial charge in [-0.3, -0.25) is 9.69 Å². The van der Waals surface area contributed by atoms with Gasteiger partial charge in [0.05, 0.1) is 0 Å². The topological polar surface area (TPSA) is 23.6 Å². The summed E-state index contributed by atoms with van der Waals surface area (Å²) < 4.78 is 0. The summed E-state index contributed by atoms with van der Waals surface area (Å²) in [6, 6.07) is 8.51. The lowest BCUT2D eigenvalue weighted by atomic mass is 10.1. The first-order valence-electron chi connectivity index (χ1n) is 6.19. The third kappa shape index (κ3) is 3.07. The van der Waals surface area contributed by atoms with Crippen molar-refractivity contribution in [3.05, 3.63) is 35.4 Å². The van der Waals surface area contributed by atoms with Crippen LogP contribution in [0.5, 0.6) is 0 Å². The van der Waals surface area contributed by atoms with E-state index in [0.717, 1.165) is 32.7 Å². The molecule has 2 rings (SSSR count). The molecule has 1 saturated heterocycles. The van der Waals surface area contributed by atoms with Crippen LogP contribution < -0.4 is 0 Å². The highest BCUT2D eigenvalue weighted by molar-refractivity contribution is 5.73. The third-order valence-corrected chi connectivity index (χ3v) is 3.47. The molecule has 1 heterocycles.